The van der Waals surface area contributed by atoms with Crippen LogP contribution in [0, 0.1) is 0 Å². The van der Waals surface area contributed by atoms with E-state index in [9.17, 15) is 0 Å². The quantitative estimate of drug-likeness (QED) is 0.431. The number of hydrogen-bond donors (Lipinski definition) is 4. The zero-order valence-corrected chi connectivity index (χ0v) is 7.35. The van der Waals surface area contributed by atoms with Crippen molar-refractivity contribution >= 4 is 0 Å². The van der Waals surface area contributed by atoms with Crippen molar-refractivity contribution in [2.24, 2.45) is 0 Å². The summed E-state index contributed by atoms with van der Waals surface area (Å²) in [6, 6.07) is 0. The molecule has 0 saturated carbocycles. The predicted molar refractivity (Wildman–Crippen MR) is 44.6 cm³/mol. The first kappa shape index (κ1) is 11.8. The Bertz CT molecular complexity index is 105. The summed E-state index contributed by atoms with van der Waals surface area (Å²) in [5.41, 5.74) is 0. The van der Waals surface area contributed by atoms with Crippen molar-refractivity contribution < 1.29 is 20.4 Å². The first-order chi connectivity index (χ1) is 5.57. The predicted octanol–water partition coefficient (Wildman–Crippen LogP) is -0.748. The molecule has 0 rings (SSSR count). The Kier molecular flexibility index (Phi) is 6.28. The lowest BCUT2D eigenvalue weighted by Crippen LogP contribution is -2.23. The molecule has 0 aliphatic heterocycles. The summed E-state index contributed by atoms with van der Waals surface area (Å²) in [4.78, 5) is 0. The molecule has 0 heterocycles. The highest BCUT2D eigenvalue weighted by Gasteiger charge is 2.11. The highest BCUT2D eigenvalue weighted by molar-refractivity contribution is 4.63. The van der Waals surface area contributed by atoms with E-state index in [1.165, 1.54) is 6.92 Å². The van der Waals surface area contributed by atoms with Crippen molar-refractivity contribution in [1.29, 1.82) is 0 Å². The molecule has 0 aliphatic carbocycles. The average molecular weight is 178 g/mol. The SMILES string of the molecule is CC(O)C(O)CCCC(O)CO. The summed E-state index contributed by atoms with van der Waals surface area (Å²) in [5.74, 6) is 0. The second-order valence-corrected chi connectivity index (χ2v) is 3.08. The third kappa shape index (κ3) is 5.49. The third-order valence-corrected chi connectivity index (χ3v) is 1.80. The van der Waals surface area contributed by atoms with E-state index in [0.29, 0.717) is 19.3 Å². The minimum atomic E-state index is -0.726. The molecule has 0 aromatic carbocycles. The van der Waals surface area contributed by atoms with Crippen LogP contribution in [-0.4, -0.2) is 45.3 Å². The highest BCUT2D eigenvalue weighted by atomic mass is 16.3. The molecular weight excluding hydrogens is 160 g/mol. The molecule has 0 aromatic heterocycles. The molecule has 0 saturated heterocycles. The standard InChI is InChI=1S/C8H18O4/c1-6(10)8(12)4-2-3-7(11)5-9/h6-12H,2-5H2,1H3. The van der Waals surface area contributed by atoms with Crippen LogP contribution in [0.2, 0.25) is 0 Å². The molecule has 0 fully saturated rings. The molecule has 3 atom stereocenters. The van der Waals surface area contributed by atoms with Gasteiger partial charge in [-0.3, -0.25) is 0 Å². The summed E-state index contributed by atoms with van der Waals surface area (Å²) >= 11 is 0. The van der Waals surface area contributed by atoms with Crippen molar-refractivity contribution in [3.05, 3.63) is 0 Å². The van der Waals surface area contributed by atoms with Crippen molar-refractivity contribution in [2.75, 3.05) is 6.61 Å². The molecule has 74 valence electrons. The van der Waals surface area contributed by atoms with Gasteiger partial charge in [0.1, 0.15) is 0 Å². The van der Waals surface area contributed by atoms with Crippen LogP contribution in [0.15, 0.2) is 0 Å². The molecule has 0 bridgehead atoms. The van der Waals surface area contributed by atoms with Crippen LogP contribution in [0.5, 0.6) is 0 Å². The first-order valence-corrected chi connectivity index (χ1v) is 4.23. The molecule has 12 heavy (non-hydrogen) atoms. The summed E-state index contributed by atoms with van der Waals surface area (Å²) in [6.45, 7) is 1.28. The number of hydrogen-bond acceptors (Lipinski definition) is 4. The number of aliphatic hydroxyl groups excluding tert-OH is 4. The fourth-order valence-corrected chi connectivity index (χ4v) is 0.895. The van der Waals surface area contributed by atoms with Gasteiger partial charge in [-0.1, -0.05) is 0 Å². The van der Waals surface area contributed by atoms with Crippen LogP contribution in [0.3, 0.4) is 0 Å². The number of rotatable bonds is 6. The summed E-state index contributed by atoms with van der Waals surface area (Å²) < 4.78 is 0. The normalized spacial score (nSPS) is 18.8. The maximum absolute atomic E-state index is 9.12. The van der Waals surface area contributed by atoms with Gasteiger partial charge in [0.05, 0.1) is 24.9 Å². The maximum atomic E-state index is 9.12. The first-order valence-electron chi connectivity index (χ1n) is 4.23. The Morgan fingerprint density at radius 1 is 1.08 bits per heavy atom. The lowest BCUT2D eigenvalue weighted by atomic mass is 10.1. The second kappa shape index (κ2) is 6.37. The summed E-state index contributed by atoms with van der Waals surface area (Å²) in [5, 5.41) is 35.4. The van der Waals surface area contributed by atoms with E-state index in [-0.39, 0.29) is 6.61 Å². The van der Waals surface area contributed by atoms with Gasteiger partial charge in [0, 0.05) is 0 Å². The Morgan fingerprint density at radius 3 is 2.08 bits per heavy atom. The lowest BCUT2D eigenvalue weighted by Gasteiger charge is -2.13. The number of aliphatic hydroxyl groups is 4. The molecule has 4 N–H and O–H groups in total. The van der Waals surface area contributed by atoms with Crippen LogP contribution in [0.25, 0.3) is 0 Å². The van der Waals surface area contributed by atoms with Gasteiger partial charge >= 0.3 is 0 Å². The van der Waals surface area contributed by atoms with Crippen molar-refractivity contribution in [2.45, 2.75) is 44.5 Å². The van der Waals surface area contributed by atoms with Gasteiger partial charge in [0.25, 0.3) is 0 Å². The topological polar surface area (TPSA) is 80.9 Å². The van der Waals surface area contributed by atoms with E-state index in [0.717, 1.165) is 0 Å². The molecule has 0 amide bonds. The van der Waals surface area contributed by atoms with Gasteiger partial charge in [0.2, 0.25) is 0 Å². The zero-order valence-electron chi connectivity index (χ0n) is 7.35. The average Bonchev–Trinajstić information content (AvgIpc) is 2.03. The van der Waals surface area contributed by atoms with Crippen molar-refractivity contribution in [3.8, 4) is 0 Å². The fraction of sp³-hybridized carbons (Fsp3) is 1.00. The van der Waals surface area contributed by atoms with Gasteiger partial charge in [-0.25, -0.2) is 0 Å². The van der Waals surface area contributed by atoms with Crippen LogP contribution in [-0.2, 0) is 0 Å². The lowest BCUT2D eigenvalue weighted by molar-refractivity contribution is 0.0200. The van der Waals surface area contributed by atoms with Gasteiger partial charge in [-0.15, -0.1) is 0 Å². The molecular formula is C8H18O4. The summed E-state index contributed by atoms with van der Waals surface area (Å²) in [7, 11) is 0. The van der Waals surface area contributed by atoms with Gasteiger partial charge in [0.15, 0.2) is 0 Å². The smallest absolute Gasteiger partial charge is 0.0796 e. The monoisotopic (exact) mass is 178 g/mol. The Labute approximate surface area is 72.5 Å². The van der Waals surface area contributed by atoms with E-state index in [1.54, 1.807) is 0 Å². The Morgan fingerprint density at radius 2 is 1.67 bits per heavy atom. The van der Waals surface area contributed by atoms with Crippen molar-refractivity contribution in [1.82, 2.24) is 0 Å². The van der Waals surface area contributed by atoms with E-state index in [2.05, 4.69) is 0 Å². The van der Waals surface area contributed by atoms with Crippen LogP contribution >= 0.6 is 0 Å². The second-order valence-electron chi connectivity index (χ2n) is 3.08. The molecule has 0 radical (unpaired) electrons. The van der Waals surface area contributed by atoms with Crippen LogP contribution < -0.4 is 0 Å². The van der Waals surface area contributed by atoms with Gasteiger partial charge in [-0.2, -0.15) is 0 Å². The minimum Gasteiger partial charge on any atom is -0.394 e. The van der Waals surface area contributed by atoms with Crippen molar-refractivity contribution in [3.63, 3.8) is 0 Å². The molecule has 4 nitrogen and oxygen atoms in total. The van der Waals surface area contributed by atoms with Crippen LogP contribution in [0.1, 0.15) is 26.2 Å². The Hall–Kier alpha value is -0.160. The minimum absolute atomic E-state index is 0.245. The molecule has 0 aromatic rings. The maximum Gasteiger partial charge on any atom is 0.0796 e. The summed E-state index contributed by atoms with van der Waals surface area (Å²) in [6.07, 6.45) is -0.638. The van der Waals surface area contributed by atoms with Gasteiger partial charge in [-0.05, 0) is 26.2 Å². The van der Waals surface area contributed by atoms with E-state index < -0.39 is 18.3 Å². The van der Waals surface area contributed by atoms with Crippen LogP contribution in [0.4, 0.5) is 0 Å². The molecule has 0 spiro atoms. The molecule has 3 unspecified atom stereocenters. The van der Waals surface area contributed by atoms with E-state index in [4.69, 9.17) is 20.4 Å². The third-order valence-electron chi connectivity index (χ3n) is 1.80. The highest BCUT2D eigenvalue weighted by Crippen LogP contribution is 2.06. The zero-order chi connectivity index (χ0) is 9.56. The molecule has 4 heteroatoms. The largest absolute Gasteiger partial charge is 0.394 e. The van der Waals surface area contributed by atoms with Gasteiger partial charge < -0.3 is 20.4 Å². The molecule has 0 aliphatic rings. The Balaban J connectivity index is 3.30. The van der Waals surface area contributed by atoms with E-state index >= 15 is 0 Å². The van der Waals surface area contributed by atoms with E-state index in [1.807, 2.05) is 0 Å². The fourth-order valence-electron chi connectivity index (χ4n) is 0.895.